The lowest BCUT2D eigenvalue weighted by atomic mass is 9.95. The maximum absolute atomic E-state index is 15.5. The Morgan fingerprint density at radius 3 is 2.79 bits per heavy atom. The topological polar surface area (TPSA) is 123 Å². The second kappa shape index (κ2) is 7.94. The molecule has 0 bridgehead atoms. The fourth-order valence-electron chi connectivity index (χ4n) is 4.05. The highest BCUT2D eigenvalue weighted by Gasteiger charge is 2.41. The number of nitrogens with zero attached hydrogens (tertiary/aromatic N) is 4. The average Bonchev–Trinajstić information content (AvgIpc) is 3.43. The van der Waals surface area contributed by atoms with Crippen molar-refractivity contribution < 1.29 is 9.13 Å². The van der Waals surface area contributed by atoms with Crippen LogP contribution in [0.4, 0.5) is 4.39 Å². The van der Waals surface area contributed by atoms with Gasteiger partial charge in [0.1, 0.15) is 23.0 Å². The number of rotatable bonds is 5. The zero-order chi connectivity index (χ0) is 24.2. The minimum Gasteiger partial charge on any atom is -0.486 e. The summed E-state index contributed by atoms with van der Waals surface area (Å²) in [6.07, 6.45) is 3.25. The van der Waals surface area contributed by atoms with Gasteiger partial charge in [-0.2, -0.15) is 15.5 Å². The molecule has 8 nitrogen and oxygen atoms in total. The Labute approximate surface area is 198 Å². The van der Waals surface area contributed by atoms with Crippen LogP contribution in [-0.4, -0.2) is 25.6 Å². The van der Waals surface area contributed by atoms with Crippen LogP contribution in [-0.2, 0) is 13.6 Å². The summed E-state index contributed by atoms with van der Waals surface area (Å²) < 4.78 is 23.0. The Bertz CT molecular complexity index is 1560. The van der Waals surface area contributed by atoms with Gasteiger partial charge < -0.3 is 10.5 Å². The smallest absolute Gasteiger partial charge is 0.272 e. The number of H-pyrrole nitrogens is 1. The van der Waals surface area contributed by atoms with E-state index in [9.17, 15) is 10.1 Å². The van der Waals surface area contributed by atoms with E-state index in [1.54, 1.807) is 31.4 Å². The Hall–Kier alpha value is -3.74. The van der Waals surface area contributed by atoms with E-state index < -0.39 is 11.4 Å². The lowest BCUT2D eigenvalue weighted by molar-refractivity contribution is 0.199. The van der Waals surface area contributed by atoms with Crippen molar-refractivity contribution in [2.24, 2.45) is 12.8 Å². The van der Waals surface area contributed by atoms with Crippen LogP contribution in [0.5, 0.6) is 5.75 Å². The second-order valence-corrected chi connectivity index (χ2v) is 8.99. The summed E-state index contributed by atoms with van der Waals surface area (Å²) in [5.41, 5.74) is 7.20. The van der Waals surface area contributed by atoms with E-state index >= 15 is 4.39 Å². The first-order chi connectivity index (χ1) is 16.3. The van der Waals surface area contributed by atoms with Crippen molar-refractivity contribution in [3.05, 3.63) is 62.9 Å². The standard InChI is InChI=1S/C24H20ClFN6O2/c1-24(5-6-24)34-19-8-17(25)21(26)20(15(19)9-27)22-16(11-29-32(22)2)12-3-4-13-14(7-12)18(10-28)30-31-23(13)33/h3-4,7-8,11H,5-6,10,28H2,1-2H3,(H,31,33). The van der Waals surface area contributed by atoms with Crippen LogP contribution < -0.4 is 16.0 Å². The quantitative estimate of drug-likeness (QED) is 0.446. The average molecular weight is 479 g/mol. The minimum atomic E-state index is -0.738. The lowest BCUT2D eigenvalue weighted by Crippen LogP contribution is -2.14. The Balaban J connectivity index is 1.76. The summed E-state index contributed by atoms with van der Waals surface area (Å²) in [5.74, 6) is -0.506. The van der Waals surface area contributed by atoms with Crippen molar-refractivity contribution in [1.82, 2.24) is 20.0 Å². The van der Waals surface area contributed by atoms with Gasteiger partial charge in [0.15, 0.2) is 5.82 Å². The van der Waals surface area contributed by atoms with E-state index in [1.165, 1.54) is 10.7 Å². The van der Waals surface area contributed by atoms with Gasteiger partial charge in [-0.3, -0.25) is 9.48 Å². The molecular formula is C24H20ClFN6O2. The largest absolute Gasteiger partial charge is 0.486 e. The molecule has 0 radical (unpaired) electrons. The van der Waals surface area contributed by atoms with Gasteiger partial charge in [0.2, 0.25) is 0 Å². The molecule has 2 aromatic carbocycles. The van der Waals surface area contributed by atoms with E-state index in [0.29, 0.717) is 33.3 Å². The molecule has 0 saturated heterocycles. The Morgan fingerprint density at radius 2 is 2.12 bits per heavy atom. The van der Waals surface area contributed by atoms with Crippen molar-refractivity contribution >= 4 is 22.4 Å². The number of benzene rings is 2. The first-order valence-corrected chi connectivity index (χ1v) is 11.0. The van der Waals surface area contributed by atoms with Gasteiger partial charge in [0.25, 0.3) is 5.56 Å². The third-order valence-corrected chi connectivity index (χ3v) is 6.43. The van der Waals surface area contributed by atoms with Gasteiger partial charge in [-0.1, -0.05) is 17.7 Å². The summed E-state index contributed by atoms with van der Waals surface area (Å²) >= 11 is 6.25. The maximum Gasteiger partial charge on any atom is 0.272 e. The number of nitriles is 1. The van der Waals surface area contributed by atoms with Crippen molar-refractivity contribution in [3.63, 3.8) is 0 Å². The highest BCUT2D eigenvalue weighted by molar-refractivity contribution is 6.31. The van der Waals surface area contributed by atoms with E-state index in [4.69, 9.17) is 22.1 Å². The third kappa shape index (κ3) is 3.52. The zero-order valence-corrected chi connectivity index (χ0v) is 19.2. The maximum atomic E-state index is 15.5. The molecule has 10 heteroatoms. The van der Waals surface area contributed by atoms with Gasteiger partial charge in [-0.15, -0.1) is 0 Å². The third-order valence-electron chi connectivity index (χ3n) is 6.15. The summed E-state index contributed by atoms with van der Waals surface area (Å²) in [7, 11) is 1.65. The van der Waals surface area contributed by atoms with Gasteiger partial charge in [0.05, 0.1) is 33.6 Å². The Kier molecular flexibility index (Phi) is 5.15. The normalized spacial score (nSPS) is 14.2. The van der Waals surface area contributed by atoms with E-state index in [2.05, 4.69) is 21.4 Å². The first-order valence-electron chi connectivity index (χ1n) is 10.6. The first kappa shape index (κ1) is 22.1. The van der Waals surface area contributed by atoms with Crippen molar-refractivity contribution in [2.75, 3.05) is 0 Å². The molecule has 5 rings (SSSR count). The molecule has 1 fully saturated rings. The molecule has 0 atom stereocenters. The zero-order valence-electron chi connectivity index (χ0n) is 18.4. The highest BCUT2D eigenvalue weighted by atomic mass is 35.5. The number of fused-ring (bicyclic) bond motifs is 1. The molecule has 0 aliphatic heterocycles. The fraction of sp³-hybridized carbons (Fsp3) is 0.250. The van der Waals surface area contributed by atoms with Crippen molar-refractivity contribution in [3.8, 4) is 34.2 Å². The number of nitrogens with one attached hydrogen (secondary N) is 1. The lowest BCUT2D eigenvalue weighted by Gasteiger charge is -2.18. The molecule has 3 N–H and O–H groups in total. The SMILES string of the molecule is Cn1ncc(-c2ccc3c(=O)[nH]nc(CN)c3c2)c1-c1c(F)c(Cl)cc(OC2(C)CC2)c1C#N. The van der Waals surface area contributed by atoms with Crippen LogP contribution in [0.3, 0.4) is 0 Å². The molecule has 1 aliphatic rings. The van der Waals surface area contributed by atoms with Gasteiger partial charge in [-0.05, 0) is 37.5 Å². The summed E-state index contributed by atoms with van der Waals surface area (Å²) in [5, 5.41) is 21.6. The predicted octanol–water partition coefficient (Wildman–Crippen LogP) is 4.04. The van der Waals surface area contributed by atoms with Gasteiger partial charge in [-0.25, -0.2) is 9.49 Å². The molecule has 0 spiro atoms. The Morgan fingerprint density at radius 1 is 1.35 bits per heavy atom. The van der Waals surface area contributed by atoms with Crippen LogP contribution in [0.25, 0.3) is 33.2 Å². The fourth-order valence-corrected chi connectivity index (χ4v) is 4.24. The molecule has 0 amide bonds. The summed E-state index contributed by atoms with van der Waals surface area (Å²) in [4.78, 5) is 12.2. The molecule has 0 unspecified atom stereocenters. The number of nitrogens with two attached hydrogens (primary N) is 1. The molecule has 1 saturated carbocycles. The second-order valence-electron chi connectivity index (χ2n) is 8.58. The molecule has 4 aromatic rings. The monoisotopic (exact) mass is 478 g/mol. The number of aryl methyl sites for hydroxylation is 1. The number of ether oxygens (including phenoxy) is 1. The number of halogens is 2. The van der Waals surface area contributed by atoms with Crippen LogP contribution in [0.15, 0.2) is 35.3 Å². The molecule has 172 valence electrons. The number of hydrogen-bond acceptors (Lipinski definition) is 6. The summed E-state index contributed by atoms with van der Waals surface area (Å²) in [6.45, 7) is 2.05. The minimum absolute atomic E-state index is 0.00688. The number of aromatic amines is 1. The summed E-state index contributed by atoms with van der Waals surface area (Å²) in [6, 6.07) is 8.59. The molecule has 1 aliphatic carbocycles. The van der Waals surface area contributed by atoms with Gasteiger partial charge >= 0.3 is 0 Å². The van der Waals surface area contributed by atoms with Crippen molar-refractivity contribution in [1.29, 1.82) is 5.26 Å². The molecule has 2 aromatic heterocycles. The van der Waals surface area contributed by atoms with Crippen LogP contribution in [0.1, 0.15) is 31.0 Å². The number of hydrogen-bond donors (Lipinski definition) is 2. The van der Waals surface area contributed by atoms with E-state index in [0.717, 1.165) is 12.8 Å². The highest BCUT2D eigenvalue weighted by Crippen LogP contribution is 2.45. The van der Waals surface area contributed by atoms with Crippen LogP contribution in [0, 0.1) is 17.1 Å². The molecule has 34 heavy (non-hydrogen) atoms. The van der Waals surface area contributed by atoms with Gasteiger partial charge in [0, 0.05) is 30.6 Å². The van der Waals surface area contributed by atoms with E-state index in [-0.39, 0.29) is 34.0 Å². The number of aromatic nitrogens is 4. The molecule has 2 heterocycles. The molecular weight excluding hydrogens is 459 g/mol. The predicted molar refractivity (Wildman–Crippen MR) is 126 cm³/mol. The van der Waals surface area contributed by atoms with E-state index in [1.807, 2.05) is 6.92 Å². The van der Waals surface area contributed by atoms with Crippen molar-refractivity contribution in [2.45, 2.75) is 31.9 Å². The van der Waals surface area contributed by atoms with Crippen LogP contribution >= 0.6 is 11.6 Å². The van der Waals surface area contributed by atoms with Crippen LogP contribution in [0.2, 0.25) is 5.02 Å².